The molecular formula is C15H25NO4. The maximum Gasteiger partial charge on any atom is 0.203 e. The third kappa shape index (κ3) is 4.58. The summed E-state index contributed by atoms with van der Waals surface area (Å²) in [4.78, 5) is 0. The zero-order chi connectivity index (χ0) is 14.8. The van der Waals surface area contributed by atoms with Crippen LogP contribution in [0.4, 0.5) is 0 Å². The van der Waals surface area contributed by atoms with Crippen LogP contribution in [0.25, 0.3) is 0 Å². The van der Waals surface area contributed by atoms with Gasteiger partial charge in [0.15, 0.2) is 11.5 Å². The molecule has 0 radical (unpaired) electrons. The van der Waals surface area contributed by atoms with Gasteiger partial charge in [0.1, 0.15) is 0 Å². The van der Waals surface area contributed by atoms with Crippen molar-refractivity contribution in [1.29, 1.82) is 0 Å². The lowest BCUT2D eigenvalue weighted by atomic mass is 10.1. The van der Waals surface area contributed by atoms with Crippen LogP contribution < -0.4 is 19.5 Å². The lowest BCUT2D eigenvalue weighted by Gasteiger charge is -2.16. The van der Waals surface area contributed by atoms with E-state index in [2.05, 4.69) is 5.32 Å². The number of benzene rings is 1. The van der Waals surface area contributed by atoms with Gasteiger partial charge in [-0.2, -0.15) is 0 Å². The number of rotatable bonds is 10. The van der Waals surface area contributed by atoms with E-state index in [-0.39, 0.29) is 0 Å². The molecule has 0 bridgehead atoms. The van der Waals surface area contributed by atoms with Crippen molar-refractivity contribution < 1.29 is 18.9 Å². The molecular weight excluding hydrogens is 258 g/mol. The van der Waals surface area contributed by atoms with E-state index < -0.39 is 0 Å². The minimum absolute atomic E-state index is 0.628. The topological polar surface area (TPSA) is 49.0 Å². The average Bonchev–Trinajstić information content (AvgIpc) is 2.49. The Morgan fingerprint density at radius 1 is 1.00 bits per heavy atom. The molecule has 1 rings (SSSR count). The van der Waals surface area contributed by atoms with Crippen LogP contribution in [0.15, 0.2) is 12.1 Å². The van der Waals surface area contributed by atoms with Gasteiger partial charge >= 0.3 is 0 Å². The molecule has 0 saturated heterocycles. The predicted octanol–water partition coefficient (Wildman–Crippen LogP) is 2.23. The van der Waals surface area contributed by atoms with E-state index in [9.17, 15) is 0 Å². The number of hydrogen-bond donors (Lipinski definition) is 1. The summed E-state index contributed by atoms with van der Waals surface area (Å²) in [5.74, 6) is 2.01. The standard InChI is InChI=1S/C15H25NO4/c1-5-20-10-6-9-16-11-12-7-8-13(17-2)15(19-4)14(12)18-3/h7-8,16H,5-6,9-11H2,1-4H3. The van der Waals surface area contributed by atoms with Gasteiger partial charge < -0.3 is 24.3 Å². The van der Waals surface area contributed by atoms with E-state index in [1.807, 2.05) is 19.1 Å². The molecule has 5 heteroatoms. The fourth-order valence-corrected chi connectivity index (χ4v) is 1.97. The van der Waals surface area contributed by atoms with Crippen molar-refractivity contribution in [3.05, 3.63) is 17.7 Å². The van der Waals surface area contributed by atoms with E-state index in [0.717, 1.165) is 38.3 Å². The zero-order valence-electron chi connectivity index (χ0n) is 12.8. The molecule has 0 fully saturated rings. The Kier molecular flexibility index (Phi) is 7.84. The maximum atomic E-state index is 5.44. The number of hydrogen-bond acceptors (Lipinski definition) is 5. The molecule has 114 valence electrons. The summed E-state index contributed by atoms with van der Waals surface area (Å²) in [5, 5.41) is 3.37. The molecule has 0 saturated carbocycles. The molecule has 5 nitrogen and oxygen atoms in total. The second-order valence-electron chi connectivity index (χ2n) is 4.22. The molecule has 1 N–H and O–H groups in total. The van der Waals surface area contributed by atoms with E-state index in [1.54, 1.807) is 21.3 Å². The summed E-state index contributed by atoms with van der Waals surface area (Å²) in [6.07, 6.45) is 0.990. The molecule has 0 aliphatic carbocycles. The second-order valence-corrected chi connectivity index (χ2v) is 4.22. The molecule has 0 aromatic heterocycles. The van der Waals surface area contributed by atoms with E-state index in [0.29, 0.717) is 17.2 Å². The normalized spacial score (nSPS) is 10.4. The molecule has 0 spiro atoms. The molecule has 0 heterocycles. The SMILES string of the molecule is CCOCCCNCc1ccc(OC)c(OC)c1OC. The third-order valence-corrected chi connectivity index (χ3v) is 2.95. The van der Waals surface area contributed by atoms with Crippen molar-refractivity contribution in [2.24, 2.45) is 0 Å². The number of ether oxygens (including phenoxy) is 4. The highest BCUT2D eigenvalue weighted by Crippen LogP contribution is 2.39. The lowest BCUT2D eigenvalue weighted by molar-refractivity contribution is 0.144. The van der Waals surface area contributed by atoms with Crippen LogP contribution in [0.2, 0.25) is 0 Å². The van der Waals surface area contributed by atoms with E-state index in [4.69, 9.17) is 18.9 Å². The Labute approximate surface area is 121 Å². The van der Waals surface area contributed by atoms with Crippen LogP contribution in [0.5, 0.6) is 17.2 Å². The van der Waals surface area contributed by atoms with Gasteiger partial charge in [0.05, 0.1) is 21.3 Å². The van der Waals surface area contributed by atoms with Crippen LogP contribution in [0, 0.1) is 0 Å². The Hall–Kier alpha value is -1.46. The van der Waals surface area contributed by atoms with Gasteiger partial charge in [-0.15, -0.1) is 0 Å². The quantitative estimate of drug-likeness (QED) is 0.667. The molecule has 1 aromatic carbocycles. The van der Waals surface area contributed by atoms with Crippen LogP contribution in [-0.4, -0.2) is 41.1 Å². The first-order chi connectivity index (χ1) is 9.78. The van der Waals surface area contributed by atoms with Gasteiger partial charge in [-0.25, -0.2) is 0 Å². The molecule has 0 unspecified atom stereocenters. The van der Waals surface area contributed by atoms with Gasteiger partial charge in [0.25, 0.3) is 0 Å². The minimum Gasteiger partial charge on any atom is -0.493 e. The molecule has 0 atom stereocenters. The highest BCUT2D eigenvalue weighted by Gasteiger charge is 2.15. The minimum atomic E-state index is 0.628. The third-order valence-electron chi connectivity index (χ3n) is 2.95. The average molecular weight is 283 g/mol. The van der Waals surface area contributed by atoms with Crippen molar-refractivity contribution in [2.75, 3.05) is 41.1 Å². The summed E-state index contributed by atoms with van der Waals surface area (Å²) in [7, 11) is 4.86. The zero-order valence-corrected chi connectivity index (χ0v) is 12.8. The molecule has 0 aliphatic rings. The van der Waals surface area contributed by atoms with Gasteiger partial charge in [-0.3, -0.25) is 0 Å². The Balaban J connectivity index is 2.61. The Morgan fingerprint density at radius 3 is 2.35 bits per heavy atom. The van der Waals surface area contributed by atoms with Gasteiger partial charge in [0, 0.05) is 25.3 Å². The maximum absolute atomic E-state index is 5.44. The number of methoxy groups -OCH3 is 3. The Morgan fingerprint density at radius 2 is 1.75 bits per heavy atom. The van der Waals surface area contributed by atoms with Crippen molar-refractivity contribution in [1.82, 2.24) is 5.32 Å². The highest BCUT2D eigenvalue weighted by atomic mass is 16.5. The van der Waals surface area contributed by atoms with Crippen LogP contribution in [0.3, 0.4) is 0 Å². The summed E-state index contributed by atoms with van der Waals surface area (Å²) < 4.78 is 21.4. The van der Waals surface area contributed by atoms with Gasteiger partial charge in [-0.05, 0) is 26.0 Å². The van der Waals surface area contributed by atoms with Gasteiger partial charge in [0.2, 0.25) is 5.75 Å². The van der Waals surface area contributed by atoms with Crippen LogP contribution in [-0.2, 0) is 11.3 Å². The fraction of sp³-hybridized carbons (Fsp3) is 0.600. The Bertz CT molecular complexity index is 396. The molecule has 0 amide bonds. The van der Waals surface area contributed by atoms with Crippen molar-refractivity contribution >= 4 is 0 Å². The van der Waals surface area contributed by atoms with Crippen LogP contribution in [0.1, 0.15) is 18.9 Å². The largest absolute Gasteiger partial charge is 0.493 e. The molecule has 20 heavy (non-hydrogen) atoms. The fourth-order valence-electron chi connectivity index (χ4n) is 1.97. The lowest BCUT2D eigenvalue weighted by Crippen LogP contribution is -2.17. The van der Waals surface area contributed by atoms with E-state index in [1.165, 1.54) is 0 Å². The first kappa shape index (κ1) is 16.6. The van der Waals surface area contributed by atoms with Crippen molar-refractivity contribution in [2.45, 2.75) is 19.9 Å². The number of nitrogens with one attached hydrogen (secondary N) is 1. The molecule has 0 aliphatic heterocycles. The summed E-state index contributed by atoms with van der Waals surface area (Å²) in [5.41, 5.74) is 1.04. The smallest absolute Gasteiger partial charge is 0.203 e. The van der Waals surface area contributed by atoms with E-state index >= 15 is 0 Å². The summed E-state index contributed by atoms with van der Waals surface area (Å²) >= 11 is 0. The summed E-state index contributed by atoms with van der Waals surface area (Å²) in [6, 6.07) is 3.87. The predicted molar refractivity (Wildman–Crippen MR) is 78.9 cm³/mol. The van der Waals surface area contributed by atoms with Crippen molar-refractivity contribution in [3.8, 4) is 17.2 Å². The monoisotopic (exact) mass is 283 g/mol. The molecule has 1 aromatic rings. The summed E-state index contributed by atoms with van der Waals surface area (Å²) in [6.45, 7) is 5.17. The first-order valence-electron chi connectivity index (χ1n) is 6.84. The van der Waals surface area contributed by atoms with Crippen molar-refractivity contribution in [3.63, 3.8) is 0 Å². The van der Waals surface area contributed by atoms with Crippen LogP contribution >= 0.6 is 0 Å². The second kappa shape index (κ2) is 9.44. The first-order valence-corrected chi connectivity index (χ1v) is 6.84. The van der Waals surface area contributed by atoms with Gasteiger partial charge in [-0.1, -0.05) is 6.07 Å². The highest BCUT2D eigenvalue weighted by molar-refractivity contribution is 5.55.